The van der Waals surface area contributed by atoms with Crippen LogP contribution in [-0.2, 0) is 40.1 Å². The summed E-state index contributed by atoms with van der Waals surface area (Å²) in [5.74, 6) is 0.821. The molecule has 148 valence electrons. The van der Waals surface area contributed by atoms with Gasteiger partial charge in [-0.3, -0.25) is 4.68 Å². The molecule has 0 saturated carbocycles. The topological polar surface area (TPSA) is 67.2 Å². The van der Waals surface area contributed by atoms with Gasteiger partial charge in [0.1, 0.15) is 11.5 Å². The molecule has 6 heteroatoms. The SMILES string of the molecule is COc1ccc(CCc2ccc([S+](=O)([O-])Cc3c(C)nn(C)c3C)cc2)cc1. The Morgan fingerprint density at radius 3 is 2.00 bits per heavy atom. The molecule has 0 amide bonds. The number of benzene rings is 2. The van der Waals surface area contributed by atoms with E-state index in [1.807, 2.05) is 45.2 Å². The molecular weight excluding hydrogens is 372 g/mol. The van der Waals surface area contributed by atoms with Gasteiger partial charge in [0.15, 0.2) is 4.90 Å². The zero-order valence-corrected chi connectivity index (χ0v) is 17.6. The number of sulfone groups is 1. The third-order valence-electron chi connectivity index (χ3n) is 5.14. The number of ether oxygens (including phenoxy) is 1. The Balaban J connectivity index is 1.67. The molecule has 0 aliphatic heterocycles. The number of methoxy groups -OCH3 is 1. The predicted octanol–water partition coefficient (Wildman–Crippen LogP) is 4.02. The zero-order valence-electron chi connectivity index (χ0n) is 16.8. The Labute approximate surface area is 167 Å². The van der Waals surface area contributed by atoms with Crippen molar-refractivity contribution in [3.8, 4) is 5.75 Å². The van der Waals surface area contributed by atoms with Gasteiger partial charge >= 0.3 is 0 Å². The molecule has 0 N–H and O–H groups in total. The molecule has 0 fully saturated rings. The first-order chi connectivity index (χ1) is 13.3. The molecule has 1 atom stereocenters. The minimum Gasteiger partial charge on any atom is -0.610 e. The summed E-state index contributed by atoms with van der Waals surface area (Å²) in [4.78, 5) is 0.350. The predicted molar refractivity (Wildman–Crippen MR) is 110 cm³/mol. The zero-order chi connectivity index (χ0) is 20.3. The number of rotatable bonds is 7. The van der Waals surface area contributed by atoms with Crippen molar-refractivity contribution >= 4 is 10.2 Å². The lowest BCUT2D eigenvalue weighted by atomic mass is 10.0. The molecule has 3 rings (SSSR count). The van der Waals surface area contributed by atoms with Crippen LogP contribution in [0.15, 0.2) is 53.4 Å². The molecule has 0 aliphatic carbocycles. The van der Waals surface area contributed by atoms with Crippen molar-refractivity contribution in [1.29, 1.82) is 0 Å². The van der Waals surface area contributed by atoms with Crippen molar-refractivity contribution in [1.82, 2.24) is 9.78 Å². The van der Waals surface area contributed by atoms with Crippen molar-refractivity contribution in [2.75, 3.05) is 7.11 Å². The van der Waals surface area contributed by atoms with Crippen LogP contribution in [0.4, 0.5) is 0 Å². The fourth-order valence-corrected chi connectivity index (χ4v) is 4.76. The van der Waals surface area contributed by atoms with Crippen LogP contribution in [0.3, 0.4) is 0 Å². The first kappa shape index (κ1) is 20.3. The number of hydrogen-bond acceptors (Lipinski definition) is 4. The summed E-state index contributed by atoms with van der Waals surface area (Å²) in [5.41, 5.74) is 4.77. The summed E-state index contributed by atoms with van der Waals surface area (Å²) in [6.07, 6.45) is 1.75. The van der Waals surface area contributed by atoms with E-state index in [0.29, 0.717) is 4.90 Å². The third kappa shape index (κ3) is 4.51. The molecule has 1 unspecified atom stereocenters. The van der Waals surface area contributed by atoms with Gasteiger partial charge in [0, 0.05) is 18.3 Å². The van der Waals surface area contributed by atoms with E-state index in [-0.39, 0.29) is 5.75 Å². The highest BCUT2D eigenvalue weighted by Gasteiger charge is 2.24. The van der Waals surface area contributed by atoms with Crippen molar-refractivity contribution in [2.45, 2.75) is 37.3 Å². The van der Waals surface area contributed by atoms with E-state index in [0.717, 1.165) is 41.1 Å². The van der Waals surface area contributed by atoms with Crippen LogP contribution in [0.5, 0.6) is 5.75 Å². The van der Waals surface area contributed by atoms with Gasteiger partial charge in [-0.15, -0.1) is 4.21 Å². The molecule has 5 nitrogen and oxygen atoms in total. The summed E-state index contributed by atoms with van der Waals surface area (Å²) in [6, 6.07) is 15.2. The van der Waals surface area contributed by atoms with Crippen LogP contribution in [-0.4, -0.2) is 21.4 Å². The van der Waals surface area contributed by atoms with Gasteiger partial charge < -0.3 is 9.29 Å². The van der Waals surface area contributed by atoms with Crippen LogP contribution >= 0.6 is 0 Å². The lowest BCUT2D eigenvalue weighted by Gasteiger charge is -2.15. The van der Waals surface area contributed by atoms with Gasteiger partial charge in [0.25, 0.3) is 0 Å². The highest BCUT2D eigenvalue weighted by Crippen LogP contribution is 2.25. The first-order valence-corrected chi connectivity index (χ1v) is 10.9. The third-order valence-corrected chi connectivity index (χ3v) is 6.80. The monoisotopic (exact) mass is 398 g/mol. The maximum absolute atomic E-state index is 12.8. The van der Waals surface area contributed by atoms with E-state index in [1.54, 1.807) is 23.9 Å². The molecule has 0 saturated heterocycles. The van der Waals surface area contributed by atoms with Crippen LogP contribution < -0.4 is 4.74 Å². The molecule has 2 aromatic carbocycles. The first-order valence-electron chi connectivity index (χ1n) is 9.24. The Morgan fingerprint density at radius 1 is 1.00 bits per heavy atom. The van der Waals surface area contributed by atoms with Gasteiger partial charge in [-0.2, -0.15) is 5.10 Å². The molecule has 0 bridgehead atoms. The maximum Gasteiger partial charge on any atom is 0.155 e. The Kier molecular flexibility index (Phi) is 6.01. The summed E-state index contributed by atoms with van der Waals surface area (Å²) >= 11 is 0. The Hall–Kier alpha value is -2.44. The summed E-state index contributed by atoms with van der Waals surface area (Å²) in [6.45, 7) is 3.74. The second-order valence-electron chi connectivity index (χ2n) is 7.02. The average molecular weight is 399 g/mol. The number of hydrogen-bond donors (Lipinski definition) is 0. The van der Waals surface area contributed by atoms with Crippen LogP contribution in [0.1, 0.15) is 28.1 Å². The standard InChI is InChI=1S/C22H26N2O3S/c1-16-22(17(2)24(3)23-16)15-28(25,26)21-13-9-19(10-14-21)6-5-18-7-11-20(27-4)12-8-18/h7-14H,5-6,15H2,1-4H3. The van der Waals surface area contributed by atoms with Crippen molar-refractivity contribution in [3.63, 3.8) is 0 Å². The van der Waals surface area contributed by atoms with Gasteiger partial charge in [0.2, 0.25) is 0 Å². The van der Waals surface area contributed by atoms with E-state index in [2.05, 4.69) is 17.2 Å². The summed E-state index contributed by atoms with van der Waals surface area (Å²) in [7, 11) is 0.0799. The van der Waals surface area contributed by atoms with E-state index >= 15 is 0 Å². The fourth-order valence-electron chi connectivity index (χ4n) is 3.24. The summed E-state index contributed by atoms with van der Waals surface area (Å²) < 4.78 is 32.5. The Bertz CT molecular complexity index is 992. The lowest BCUT2D eigenvalue weighted by molar-refractivity contribution is 0.414. The lowest BCUT2D eigenvalue weighted by Crippen LogP contribution is -2.14. The Morgan fingerprint density at radius 2 is 1.54 bits per heavy atom. The van der Waals surface area contributed by atoms with Crippen molar-refractivity contribution < 1.29 is 13.5 Å². The maximum atomic E-state index is 12.8. The summed E-state index contributed by atoms with van der Waals surface area (Å²) in [5, 5.41) is 4.31. The minimum atomic E-state index is -3.40. The largest absolute Gasteiger partial charge is 0.610 e. The van der Waals surface area contributed by atoms with Crippen LogP contribution in [0.2, 0.25) is 0 Å². The molecule has 0 radical (unpaired) electrons. The number of aromatic nitrogens is 2. The highest BCUT2D eigenvalue weighted by atomic mass is 32.3. The molecular formula is C22H26N2O3S. The number of aryl methyl sites for hydroxylation is 4. The number of nitrogens with zero attached hydrogens (tertiary/aromatic N) is 2. The van der Waals surface area contributed by atoms with Crippen LogP contribution in [0, 0.1) is 13.8 Å². The quantitative estimate of drug-likeness (QED) is 0.564. The molecule has 0 spiro atoms. The van der Waals surface area contributed by atoms with Gasteiger partial charge in [-0.25, -0.2) is 0 Å². The molecule has 28 heavy (non-hydrogen) atoms. The molecule has 1 aromatic heterocycles. The smallest absolute Gasteiger partial charge is 0.155 e. The second kappa shape index (κ2) is 8.29. The highest BCUT2D eigenvalue weighted by molar-refractivity contribution is 7.96. The van der Waals surface area contributed by atoms with E-state index in [9.17, 15) is 8.76 Å². The van der Waals surface area contributed by atoms with Crippen molar-refractivity contribution in [3.05, 3.63) is 76.6 Å². The molecule has 0 aliphatic rings. The van der Waals surface area contributed by atoms with E-state index in [4.69, 9.17) is 4.74 Å². The normalized spacial score (nSPS) is 13.3. The van der Waals surface area contributed by atoms with E-state index in [1.165, 1.54) is 5.56 Å². The van der Waals surface area contributed by atoms with Gasteiger partial charge in [0.05, 0.1) is 23.0 Å². The van der Waals surface area contributed by atoms with Gasteiger partial charge in [-0.05, 0) is 62.1 Å². The van der Waals surface area contributed by atoms with E-state index < -0.39 is 10.2 Å². The minimum absolute atomic E-state index is 0.0241. The second-order valence-corrected chi connectivity index (χ2v) is 9.01. The van der Waals surface area contributed by atoms with Gasteiger partial charge in [-0.1, -0.05) is 24.3 Å². The molecule has 3 aromatic rings. The van der Waals surface area contributed by atoms with Crippen LogP contribution in [0.25, 0.3) is 0 Å². The van der Waals surface area contributed by atoms with Crippen molar-refractivity contribution in [2.24, 2.45) is 7.05 Å². The average Bonchev–Trinajstić information content (AvgIpc) is 2.93. The fraction of sp³-hybridized carbons (Fsp3) is 0.318. The molecule has 1 heterocycles.